The van der Waals surface area contributed by atoms with Gasteiger partial charge in [0.25, 0.3) is 0 Å². The third-order valence-electron chi connectivity index (χ3n) is 4.26. The number of urea groups is 1. The Kier molecular flexibility index (Phi) is 5.50. The predicted molar refractivity (Wildman–Crippen MR) is 102 cm³/mol. The summed E-state index contributed by atoms with van der Waals surface area (Å²) < 4.78 is 26.8. The zero-order chi connectivity index (χ0) is 18.7. The first-order valence-electron chi connectivity index (χ1n) is 8.24. The molecule has 0 aliphatic carbocycles. The Bertz CT molecular complexity index is 892. The number of benzene rings is 2. The third kappa shape index (κ3) is 4.17. The topological polar surface area (TPSA) is 69.7 Å². The second-order valence-electron chi connectivity index (χ2n) is 6.14. The Morgan fingerprint density at radius 1 is 1.04 bits per heavy atom. The number of aryl methyl sites for hydroxylation is 1. The number of halogens is 1. The van der Waals surface area contributed by atoms with Crippen LogP contribution < -0.4 is 5.32 Å². The minimum Gasteiger partial charge on any atom is -0.322 e. The summed E-state index contributed by atoms with van der Waals surface area (Å²) in [7, 11) is -3.53. The van der Waals surface area contributed by atoms with Gasteiger partial charge in [0.05, 0.1) is 4.90 Å². The Hall–Kier alpha value is -2.09. The Morgan fingerprint density at radius 2 is 1.69 bits per heavy atom. The molecular weight excluding hydrogens is 374 g/mol. The van der Waals surface area contributed by atoms with Crippen molar-refractivity contribution >= 4 is 33.3 Å². The molecule has 1 saturated heterocycles. The zero-order valence-electron chi connectivity index (χ0n) is 14.4. The van der Waals surface area contributed by atoms with Crippen LogP contribution in [-0.2, 0) is 10.0 Å². The summed E-state index contributed by atoms with van der Waals surface area (Å²) in [4.78, 5) is 14.2. The average Bonchev–Trinajstić information content (AvgIpc) is 2.62. The Morgan fingerprint density at radius 3 is 2.31 bits per heavy atom. The maximum Gasteiger partial charge on any atom is 0.321 e. The molecule has 6 nitrogen and oxygen atoms in total. The van der Waals surface area contributed by atoms with Gasteiger partial charge in [-0.2, -0.15) is 4.31 Å². The molecule has 0 radical (unpaired) electrons. The summed E-state index contributed by atoms with van der Waals surface area (Å²) in [6, 6.07) is 13.4. The molecule has 0 atom stereocenters. The highest BCUT2D eigenvalue weighted by molar-refractivity contribution is 7.89. The maximum absolute atomic E-state index is 12.7. The van der Waals surface area contributed by atoms with Crippen molar-refractivity contribution in [1.82, 2.24) is 9.21 Å². The summed E-state index contributed by atoms with van der Waals surface area (Å²) in [5, 5.41) is 3.32. The summed E-state index contributed by atoms with van der Waals surface area (Å²) in [5.41, 5.74) is 1.61. The van der Waals surface area contributed by atoms with Crippen molar-refractivity contribution in [3.63, 3.8) is 0 Å². The van der Waals surface area contributed by atoms with E-state index in [2.05, 4.69) is 5.32 Å². The largest absolute Gasteiger partial charge is 0.322 e. The molecule has 0 aromatic heterocycles. The molecule has 1 fully saturated rings. The summed E-state index contributed by atoms with van der Waals surface area (Å²) in [6.45, 7) is 3.10. The molecule has 2 aromatic rings. The number of nitrogens with one attached hydrogen (secondary N) is 1. The molecule has 0 unspecified atom stereocenters. The molecule has 138 valence electrons. The van der Waals surface area contributed by atoms with E-state index in [0.717, 1.165) is 5.56 Å². The van der Waals surface area contributed by atoms with Crippen molar-refractivity contribution in [2.24, 2.45) is 0 Å². The summed E-state index contributed by atoms with van der Waals surface area (Å²) in [5.74, 6) is 0. The smallest absolute Gasteiger partial charge is 0.321 e. The Balaban J connectivity index is 1.61. The lowest BCUT2D eigenvalue weighted by Crippen LogP contribution is -2.51. The molecule has 1 aliphatic heterocycles. The predicted octanol–water partition coefficient (Wildman–Crippen LogP) is 3.19. The standard InChI is InChI=1S/C18H20ClN3O3S/c1-14-5-7-17(8-6-14)26(24,25)22-11-9-21(10-12-22)18(23)20-16-4-2-3-15(19)13-16/h2-8,13H,9-12H2,1H3,(H,20,23). The van der Waals surface area contributed by atoms with Crippen molar-refractivity contribution in [3.8, 4) is 0 Å². The highest BCUT2D eigenvalue weighted by Crippen LogP contribution is 2.19. The second-order valence-corrected chi connectivity index (χ2v) is 8.52. The molecule has 3 rings (SSSR count). The van der Waals surface area contributed by atoms with Gasteiger partial charge in [-0.3, -0.25) is 0 Å². The third-order valence-corrected chi connectivity index (χ3v) is 6.41. The Labute approximate surface area is 158 Å². The average molecular weight is 394 g/mol. The number of hydrogen-bond donors (Lipinski definition) is 1. The second kappa shape index (κ2) is 7.65. The quantitative estimate of drug-likeness (QED) is 0.870. The van der Waals surface area contributed by atoms with Crippen LogP contribution in [0.25, 0.3) is 0 Å². The zero-order valence-corrected chi connectivity index (χ0v) is 15.9. The van der Waals surface area contributed by atoms with Crippen molar-refractivity contribution in [2.75, 3.05) is 31.5 Å². The normalized spacial score (nSPS) is 15.7. The van der Waals surface area contributed by atoms with Crippen LogP contribution in [0, 0.1) is 6.92 Å². The number of piperazine rings is 1. The van der Waals surface area contributed by atoms with Crippen molar-refractivity contribution in [2.45, 2.75) is 11.8 Å². The first-order valence-corrected chi connectivity index (χ1v) is 10.1. The van der Waals surface area contributed by atoms with Crippen LogP contribution in [0.3, 0.4) is 0 Å². The highest BCUT2D eigenvalue weighted by atomic mass is 35.5. The van der Waals surface area contributed by atoms with Gasteiger partial charge in [-0.25, -0.2) is 13.2 Å². The molecule has 26 heavy (non-hydrogen) atoms. The van der Waals surface area contributed by atoms with Crippen LogP contribution in [0.5, 0.6) is 0 Å². The number of carbonyl (C=O) groups is 1. The first-order chi connectivity index (χ1) is 12.4. The van der Waals surface area contributed by atoms with Gasteiger partial charge in [0.1, 0.15) is 0 Å². The minimum atomic E-state index is -3.53. The number of sulfonamides is 1. The van der Waals surface area contributed by atoms with E-state index in [1.165, 1.54) is 4.31 Å². The highest BCUT2D eigenvalue weighted by Gasteiger charge is 2.30. The molecular formula is C18H20ClN3O3S. The van der Waals surface area contributed by atoms with Crippen LogP contribution in [0.4, 0.5) is 10.5 Å². The van der Waals surface area contributed by atoms with E-state index in [1.807, 2.05) is 6.92 Å². The van der Waals surface area contributed by atoms with Gasteiger partial charge in [0.2, 0.25) is 10.0 Å². The van der Waals surface area contributed by atoms with E-state index in [1.54, 1.807) is 53.4 Å². The number of carbonyl (C=O) groups excluding carboxylic acids is 1. The van der Waals surface area contributed by atoms with Gasteiger partial charge in [0.15, 0.2) is 0 Å². The van der Waals surface area contributed by atoms with E-state index in [-0.39, 0.29) is 24.0 Å². The van der Waals surface area contributed by atoms with E-state index in [0.29, 0.717) is 23.8 Å². The van der Waals surface area contributed by atoms with Crippen LogP contribution in [0.15, 0.2) is 53.4 Å². The molecule has 1 aliphatic rings. The fraction of sp³-hybridized carbons (Fsp3) is 0.278. The van der Waals surface area contributed by atoms with E-state index in [4.69, 9.17) is 11.6 Å². The summed E-state index contributed by atoms with van der Waals surface area (Å²) in [6.07, 6.45) is 0. The van der Waals surface area contributed by atoms with Crippen LogP contribution in [0.1, 0.15) is 5.56 Å². The van der Waals surface area contributed by atoms with Gasteiger partial charge in [-0.05, 0) is 37.3 Å². The van der Waals surface area contributed by atoms with Gasteiger partial charge >= 0.3 is 6.03 Å². The van der Waals surface area contributed by atoms with E-state index >= 15 is 0 Å². The van der Waals surface area contributed by atoms with Gasteiger partial charge < -0.3 is 10.2 Å². The number of nitrogens with zero attached hydrogens (tertiary/aromatic N) is 2. The first kappa shape index (κ1) is 18.7. The molecule has 2 amide bonds. The maximum atomic E-state index is 12.7. The van der Waals surface area contributed by atoms with E-state index in [9.17, 15) is 13.2 Å². The lowest BCUT2D eigenvalue weighted by molar-refractivity contribution is 0.184. The molecule has 8 heteroatoms. The molecule has 0 bridgehead atoms. The fourth-order valence-corrected chi connectivity index (χ4v) is 4.37. The van der Waals surface area contributed by atoms with Gasteiger partial charge in [-0.1, -0.05) is 35.4 Å². The number of amides is 2. The van der Waals surface area contributed by atoms with Gasteiger partial charge in [0, 0.05) is 36.9 Å². The number of hydrogen-bond acceptors (Lipinski definition) is 3. The fourth-order valence-electron chi connectivity index (χ4n) is 2.76. The molecule has 0 spiro atoms. The van der Waals surface area contributed by atoms with Crippen LogP contribution >= 0.6 is 11.6 Å². The molecule has 1 heterocycles. The number of rotatable bonds is 3. The van der Waals surface area contributed by atoms with Crippen LogP contribution in [-0.4, -0.2) is 49.8 Å². The molecule has 2 aromatic carbocycles. The number of anilines is 1. The van der Waals surface area contributed by atoms with E-state index < -0.39 is 10.0 Å². The van der Waals surface area contributed by atoms with Crippen molar-refractivity contribution in [1.29, 1.82) is 0 Å². The monoisotopic (exact) mass is 393 g/mol. The lowest BCUT2D eigenvalue weighted by atomic mass is 10.2. The van der Waals surface area contributed by atoms with Crippen molar-refractivity contribution < 1.29 is 13.2 Å². The van der Waals surface area contributed by atoms with Crippen molar-refractivity contribution in [3.05, 3.63) is 59.1 Å². The lowest BCUT2D eigenvalue weighted by Gasteiger charge is -2.34. The molecule has 0 saturated carbocycles. The minimum absolute atomic E-state index is 0.263. The molecule has 1 N–H and O–H groups in total. The van der Waals surface area contributed by atoms with Gasteiger partial charge in [-0.15, -0.1) is 0 Å². The van der Waals surface area contributed by atoms with Crippen LogP contribution in [0.2, 0.25) is 5.02 Å². The summed E-state index contributed by atoms with van der Waals surface area (Å²) >= 11 is 5.91. The SMILES string of the molecule is Cc1ccc(S(=O)(=O)N2CCN(C(=O)Nc3cccc(Cl)c3)CC2)cc1.